The molecule has 0 aromatic heterocycles. The van der Waals surface area contributed by atoms with Crippen LogP contribution < -0.4 is 10.5 Å². The van der Waals surface area contributed by atoms with Crippen molar-refractivity contribution in [3.05, 3.63) is 29.8 Å². The predicted octanol–water partition coefficient (Wildman–Crippen LogP) is 1.98. The van der Waals surface area contributed by atoms with E-state index in [-0.39, 0.29) is 5.54 Å². The van der Waals surface area contributed by atoms with Crippen LogP contribution >= 0.6 is 0 Å². The van der Waals surface area contributed by atoms with Crippen molar-refractivity contribution in [2.24, 2.45) is 11.7 Å². The number of rotatable bonds is 3. The third kappa shape index (κ3) is 1.75. The highest BCUT2D eigenvalue weighted by Crippen LogP contribution is 2.43. The van der Waals surface area contributed by atoms with Gasteiger partial charge < -0.3 is 10.5 Å². The molecule has 0 radical (unpaired) electrons. The molecule has 2 rings (SSSR count). The monoisotopic (exact) mass is 191 g/mol. The lowest BCUT2D eigenvalue weighted by molar-refractivity contribution is 0.414. The molecule has 2 atom stereocenters. The van der Waals surface area contributed by atoms with Gasteiger partial charge in [0.2, 0.25) is 0 Å². The largest absolute Gasteiger partial charge is 0.497 e. The summed E-state index contributed by atoms with van der Waals surface area (Å²) in [5.41, 5.74) is 7.50. The first kappa shape index (κ1) is 9.53. The van der Waals surface area contributed by atoms with E-state index < -0.39 is 0 Å². The van der Waals surface area contributed by atoms with E-state index in [4.69, 9.17) is 10.5 Å². The Morgan fingerprint density at radius 3 is 2.86 bits per heavy atom. The third-order valence-electron chi connectivity index (χ3n) is 3.17. The van der Waals surface area contributed by atoms with Crippen molar-refractivity contribution in [2.45, 2.75) is 25.3 Å². The van der Waals surface area contributed by atoms with Gasteiger partial charge in [-0.25, -0.2) is 0 Å². The van der Waals surface area contributed by atoms with E-state index in [9.17, 15) is 0 Å². The molecule has 1 saturated carbocycles. The van der Waals surface area contributed by atoms with Gasteiger partial charge in [-0.3, -0.25) is 0 Å². The van der Waals surface area contributed by atoms with Gasteiger partial charge in [-0.05, 0) is 36.5 Å². The van der Waals surface area contributed by atoms with Crippen LogP contribution in [0.25, 0.3) is 0 Å². The molecule has 1 fully saturated rings. The van der Waals surface area contributed by atoms with Crippen molar-refractivity contribution in [1.82, 2.24) is 0 Å². The molecule has 76 valence electrons. The minimum Gasteiger partial charge on any atom is -0.497 e. The van der Waals surface area contributed by atoms with Gasteiger partial charge in [0, 0.05) is 5.54 Å². The normalized spacial score (nSPS) is 30.1. The van der Waals surface area contributed by atoms with Crippen LogP contribution in [0.15, 0.2) is 24.3 Å². The van der Waals surface area contributed by atoms with Crippen LogP contribution in [-0.2, 0) is 6.42 Å². The Morgan fingerprint density at radius 2 is 2.29 bits per heavy atom. The first-order valence-corrected chi connectivity index (χ1v) is 5.06. The molecule has 0 heterocycles. The van der Waals surface area contributed by atoms with E-state index in [1.165, 1.54) is 5.56 Å². The molecule has 0 bridgehead atoms. The van der Waals surface area contributed by atoms with Gasteiger partial charge in [0.15, 0.2) is 0 Å². The average molecular weight is 191 g/mol. The van der Waals surface area contributed by atoms with Gasteiger partial charge in [0.05, 0.1) is 7.11 Å². The molecular weight excluding hydrogens is 174 g/mol. The second kappa shape index (κ2) is 3.28. The fraction of sp³-hybridized carbons (Fsp3) is 0.500. The van der Waals surface area contributed by atoms with E-state index in [2.05, 4.69) is 19.1 Å². The summed E-state index contributed by atoms with van der Waals surface area (Å²) >= 11 is 0. The first-order chi connectivity index (χ1) is 6.64. The van der Waals surface area contributed by atoms with Crippen LogP contribution in [-0.4, -0.2) is 12.6 Å². The Hall–Kier alpha value is -1.02. The molecule has 2 nitrogen and oxygen atoms in total. The molecule has 2 heteroatoms. The highest BCUT2D eigenvalue weighted by atomic mass is 16.5. The van der Waals surface area contributed by atoms with Gasteiger partial charge in [-0.2, -0.15) is 0 Å². The van der Waals surface area contributed by atoms with Crippen LogP contribution in [0.1, 0.15) is 18.9 Å². The summed E-state index contributed by atoms with van der Waals surface area (Å²) in [5.74, 6) is 1.58. The van der Waals surface area contributed by atoms with E-state index in [1.54, 1.807) is 7.11 Å². The van der Waals surface area contributed by atoms with E-state index in [0.717, 1.165) is 18.6 Å². The first-order valence-electron chi connectivity index (χ1n) is 5.06. The summed E-state index contributed by atoms with van der Waals surface area (Å²) in [4.78, 5) is 0. The second-order valence-corrected chi connectivity index (χ2v) is 4.37. The Morgan fingerprint density at radius 1 is 1.57 bits per heavy atom. The van der Waals surface area contributed by atoms with Crippen molar-refractivity contribution in [1.29, 1.82) is 0 Å². The zero-order chi connectivity index (χ0) is 10.2. The molecule has 1 aliphatic rings. The molecule has 1 aromatic carbocycles. The Bertz CT molecular complexity index is 337. The van der Waals surface area contributed by atoms with Crippen molar-refractivity contribution >= 4 is 0 Å². The maximum atomic E-state index is 6.17. The number of hydrogen-bond acceptors (Lipinski definition) is 2. The van der Waals surface area contributed by atoms with Crippen molar-refractivity contribution in [3.8, 4) is 5.75 Å². The summed E-state index contributed by atoms with van der Waals surface area (Å²) < 4.78 is 5.18. The van der Waals surface area contributed by atoms with Crippen LogP contribution in [0.3, 0.4) is 0 Å². The number of methoxy groups -OCH3 is 1. The Labute approximate surface area is 85.1 Å². The fourth-order valence-corrected chi connectivity index (χ4v) is 1.92. The average Bonchev–Trinajstić information content (AvgIpc) is 2.74. The summed E-state index contributed by atoms with van der Waals surface area (Å²) in [7, 11) is 1.69. The maximum Gasteiger partial charge on any atom is 0.119 e. The van der Waals surface area contributed by atoms with Crippen molar-refractivity contribution in [2.75, 3.05) is 7.11 Å². The van der Waals surface area contributed by atoms with Gasteiger partial charge in [0.25, 0.3) is 0 Å². The number of nitrogens with two attached hydrogens (primary N) is 1. The van der Waals surface area contributed by atoms with Crippen molar-refractivity contribution < 1.29 is 4.74 Å². The van der Waals surface area contributed by atoms with Crippen LogP contribution in [0.4, 0.5) is 0 Å². The summed E-state index contributed by atoms with van der Waals surface area (Å²) in [6, 6.07) is 8.16. The highest BCUT2D eigenvalue weighted by Gasteiger charge is 2.47. The lowest BCUT2D eigenvalue weighted by Crippen LogP contribution is -2.27. The third-order valence-corrected chi connectivity index (χ3v) is 3.17. The molecule has 0 amide bonds. The molecular formula is C12H17NO. The van der Waals surface area contributed by atoms with E-state index >= 15 is 0 Å². The number of ether oxygens (including phenoxy) is 1. The topological polar surface area (TPSA) is 35.2 Å². The van der Waals surface area contributed by atoms with Crippen LogP contribution in [0.2, 0.25) is 0 Å². The molecule has 0 spiro atoms. The maximum absolute atomic E-state index is 6.17. The lowest BCUT2D eigenvalue weighted by Gasteiger charge is -2.10. The fourth-order valence-electron chi connectivity index (χ4n) is 1.92. The summed E-state index contributed by atoms with van der Waals surface area (Å²) in [6.07, 6.45) is 2.11. The molecule has 2 unspecified atom stereocenters. The zero-order valence-corrected chi connectivity index (χ0v) is 8.79. The summed E-state index contributed by atoms with van der Waals surface area (Å²) in [5, 5.41) is 0. The molecule has 14 heavy (non-hydrogen) atoms. The van der Waals surface area contributed by atoms with Crippen molar-refractivity contribution in [3.63, 3.8) is 0 Å². The van der Waals surface area contributed by atoms with Gasteiger partial charge in [0.1, 0.15) is 5.75 Å². The molecule has 0 aliphatic heterocycles. The molecule has 0 saturated heterocycles. The predicted molar refractivity (Wildman–Crippen MR) is 57.4 cm³/mol. The molecule has 2 N–H and O–H groups in total. The van der Waals surface area contributed by atoms with E-state index in [1.807, 2.05) is 12.1 Å². The Kier molecular flexibility index (Phi) is 2.23. The van der Waals surface area contributed by atoms with E-state index in [0.29, 0.717) is 5.92 Å². The van der Waals surface area contributed by atoms with Gasteiger partial charge in [-0.1, -0.05) is 19.1 Å². The number of hydrogen-bond donors (Lipinski definition) is 1. The SMILES string of the molecule is COc1cccc(CC2(N)CC2C)c1. The quantitative estimate of drug-likeness (QED) is 0.792. The minimum absolute atomic E-state index is 0.0480. The van der Waals surface area contributed by atoms with Crippen LogP contribution in [0, 0.1) is 5.92 Å². The summed E-state index contributed by atoms with van der Waals surface area (Å²) in [6.45, 7) is 2.21. The Balaban J connectivity index is 2.10. The lowest BCUT2D eigenvalue weighted by atomic mass is 10.0. The highest BCUT2D eigenvalue weighted by molar-refractivity contribution is 5.31. The second-order valence-electron chi connectivity index (χ2n) is 4.37. The number of benzene rings is 1. The zero-order valence-electron chi connectivity index (χ0n) is 8.79. The molecule has 1 aromatic rings. The standard InChI is InChI=1S/C12H17NO/c1-9-7-12(9,13)8-10-4-3-5-11(6-10)14-2/h3-6,9H,7-8,13H2,1-2H3. The smallest absolute Gasteiger partial charge is 0.119 e. The van der Waals surface area contributed by atoms with Gasteiger partial charge in [-0.15, -0.1) is 0 Å². The minimum atomic E-state index is 0.0480. The van der Waals surface area contributed by atoms with Crippen LogP contribution in [0.5, 0.6) is 5.75 Å². The van der Waals surface area contributed by atoms with Gasteiger partial charge >= 0.3 is 0 Å². The molecule has 1 aliphatic carbocycles.